The van der Waals surface area contributed by atoms with Crippen molar-refractivity contribution in [2.75, 3.05) is 33.9 Å². The Kier molecular flexibility index (Phi) is 7.61. The van der Waals surface area contributed by atoms with Crippen LogP contribution in [0.4, 0.5) is 0 Å². The van der Waals surface area contributed by atoms with Gasteiger partial charge in [-0.2, -0.15) is 0 Å². The Hall–Kier alpha value is -1.75. The molecule has 5 nitrogen and oxygen atoms in total. The maximum absolute atomic E-state index is 11.9. The number of hydrogen-bond acceptors (Lipinski definition) is 4. The Morgan fingerprint density at radius 1 is 1.24 bits per heavy atom. The smallest absolute Gasteiger partial charge is 0.224 e. The number of carbonyl (C=O) groups is 1. The SMILES string of the molecule is CCNCC(C)C(=O)NCCc1ccc(OC)c(OC)c1. The summed E-state index contributed by atoms with van der Waals surface area (Å²) in [5.74, 6) is 1.48. The molecule has 118 valence electrons. The molecular formula is C16H26N2O3. The Morgan fingerprint density at radius 2 is 1.95 bits per heavy atom. The van der Waals surface area contributed by atoms with Crippen molar-refractivity contribution in [3.63, 3.8) is 0 Å². The number of carbonyl (C=O) groups excluding carboxylic acids is 1. The van der Waals surface area contributed by atoms with Crippen molar-refractivity contribution in [3.8, 4) is 11.5 Å². The standard InChI is InChI=1S/C16H26N2O3/c1-5-17-11-12(2)16(19)18-9-8-13-6-7-14(20-3)15(10-13)21-4/h6-7,10,12,17H,5,8-9,11H2,1-4H3,(H,18,19). The lowest BCUT2D eigenvalue weighted by atomic mass is 10.1. The zero-order valence-corrected chi connectivity index (χ0v) is 13.4. The molecule has 0 fully saturated rings. The van der Waals surface area contributed by atoms with Crippen molar-refractivity contribution >= 4 is 5.91 Å². The summed E-state index contributed by atoms with van der Waals surface area (Å²) in [4.78, 5) is 11.9. The molecule has 2 N–H and O–H groups in total. The lowest BCUT2D eigenvalue weighted by Crippen LogP contribution is -2.36. The Morgan fingerprint density at radius 3 is 2.57 bits per heavy atom. The van der Waals surface area contributed by atoms with Gasteiger partial charge >= 0.3 is 0 Å². The van der Waals surface area contributed by atoms with Crippen LogP contribution >= 0.6 is 0 Å². The molecule has 0 radical (unpaired) electrons. The van der Waals surface area contributed by atoms with Gasteiger partial charge in [0.05, 0.1) is 14.2 Å². The lowest BCUT2D eigenvalue weighted by Gasteiger charge is -2.13. The quantitative estimate of drug-likeness (QED) is 0.726. The fraction of sp³-hybridized carbons (Fsp3) is 0.562. The van der Waals surface area contributed by atoms with Gasteiger partial charge in [0.2, 0.25) is 5.91 Å². The van der Waals surface area contributed by atoms with Crippen molar-refractivity contribution in [3.05, 3.63) is 23.8 Å². The van der Waals surface area contributed by atoms with Crippen LogP contribution < -0.4 is 20.1 Å². The molecule has 0 aromatic heterocycles. The molecule has 5 heteroatoms. The van der Waals surface area contributed by atoms with Gasteiger partial charge < -0.3 is 20.1 Å². The van der Waals surface area contributed by atoms with Gasteiger partial charge in [0.15, 0.2) is 11.5 Å². The van der Waals surface area contributed by atoms with E-state index in [4.69, 9.17) is 9.47 Å². The van der Waals surface area contributed by atoms with Crippen LogP contribution in [0.15, 0.2) is 18.2 Å². The maximum atomic E-state index is 11.9. The highest BCUT2D eigenvalue weighted by Crippen LogP contribution is 2.27. The topological polar surface area (TPSA) is 59.6 Å². The first-order chi connectivity index (χ1) is 10.1. The van der Waals surface area contributed by atoms with Crippen molar-refractivity contribution in [1.29, 1.82) is 0 Å². The number of benzene rings is 1. The van der Waals surface area contributed by atoms with E-state index < -0.39 is 0 Å². The normalized spacial score (nSPS) is 11.8. The predicted octanol–water partition coefficient (Wildman–Crippen LogP) is 1.61. The number of hydrogen-bond donors (Lipinski definition) is 2. The molecule has 0 saturated heterocycles. The maximum Gasteiger partial charge on any atom is 0.224 e. The molecule has 1 rings (SSSR count). The molecule has 1 amide bonds. The van der Waals surface area contributed by atoms with Crippen molar-refractivity contribution < 1.29 is 14.3 Å². The molecule has 0 aliphatic rings. The summed E-state index contributed by atoms with van der Waals surface area (Å²) in [5, 5.41) is 6.13. The van der Waals surface area contributed by atoms with E-state index in [-0.39, 0.29) is 11.8 Å². The molecule has 0 aliphatic heterocycles. The minimum absolute atomic E-state index is 0.0182. The summed E-state index contributed by atoms with van der Waals surface area (Å²) in [6.07, 6.45) is 0.764. The highest BCUT2D eigenvalue weighted by atomic mass is 16.5. The van der Waals surface area contributed by atoms with Gasteiger partial charge in [-0.3, -0.25) is 4.79 Å². The van der Waals surface area contributed by atoms with Crippen LogP contribution in [-0.4, -0.2) is 39.8 Å². The largest absolute Gasteiger partial charge is 0.493 e. The third kappa shape index (κ3) is 5.63. The molecule has 1 atom stereocenters. The second-order valence-electron chi connectivity index (χ2n) is 4.94. The zero-order chi connectivity index (χ0) is 15.7. The first kappa shape index (κ1) is 17.3. The van der Waals surface area contributed by atoms with Crippen LogP contribution in [0.1, 0.15) is 19.4 Å². The van der Waals surface area contributed by atoms with E-state index in [0.29, 0.717) is 24.6 Å². The molecule has 1 aromatic rings. The third-order valence-corrected chi connectivity index (χ3v) is 3.31. The summed E-state index contributed by atoms with van der Waals surface area (Å²) in [7, 11) is 3.23. The van der Waals surface area contributed by atoms with Crippen LogP contribution in [0.25, 0.3) is 0 Å². The summed E-state index contributed by atoms with van der Waals surface area (Å²) in [5.41, 5.74) is 1.10. The van der Waals surface area contributed by atoms with E-state index in [1.54, 1.807) is 14.2 Å². The first-order valence-corrected chi connectivity index (χ1v) is 7.31. The molecule has 0 bridgehead atoms. The molecule has 0 heterocycles. The summed E-state index contributed by atoms with van der Waals surface area (Å²) < 4.78 is 10.5. The van der Waals surface area contributed by atoms with Gasteiger partial charge in [0.1, 0.15) is 0 Å². The highest BCUT2D eigenvalue weighted by molar-refractivity contribution is 5.78. The van der Waals surface area contributed by atoms with Crippen LogP contribution in [0.5, 0.6) is 11.5 Å². The minimum atomic E-state index is -0.0182. The Labute approximate surface area is 127 Å². The highest BCUT2D eigenvalue weighted by Gasteiger charge is 2.11. The van der Waals surface area contributed by atoms with Gasteiger partial charge in [0.25, 0.3) is 0 Å². The van der Waals surface area contributed by atoms with Gasteiger partial charge in [0, 0.05) is 19.0 Å². The molecule has 0 saturated carbocycles. The number of amides is 1. The Bertz CT molecular complexity index is 449. The number of methoxy groups -OCH3 is 2. The first-order valence-electron chi connectivity index (χ1n) is 7.31. The third-order valence-electron chi connectivity index (χ3n) is 3.31. The fourth-order valence-corrected chi connectivity index (χ4v) is 1.99. The summed E-state index contributed by atoms with van der Waals surface area (Å²) in [6.45, 7) is 6.16. The molecule has 0 spiro atoms. The average Bonchev–Trinajstić information content (AvgIpc) is 2.52. The number of nitrogens with one attached hydrogen (secondary N) is 2. The van der Waals surface area contributed by atoms with Crippen LogP contribution in [-0.2, 0) is 11.2 Å². The van der Waals surface area contributed by atoms with E-state index >= 15 is 0 Å². The molecule has 0 aliphatic carbocycles. The Balaban J connectivity index is 2.43. The summed E-state index contributed by atoms with van der Waals surface area (Å²) in [6, 6.07) is 5.80. The minimum Gasteiger partial charge on any atom is -0.493 e. The van der Waals surface area contributed by atoms with Crippen LogP contribution in [0.3, 0.4) is 0 Å². The molecule has 1 aromatic carbocycles. The van der Waals surface area contributed by atoms with E-state index in [1.807, 2.05) is 32.0 Å². The van der Waals surface area contributed by atoms with Gasteiger partial charge in [-0.25, -0.2) is 0 Å². The average molecular weight is 294 g/mol. The van der Waals surface area contributed by atoms with Crippen molar-refractivity contribution in [2.24, 2.45) is 5.92 Å². The van der Waals surface area contributed by atoms with Gasteiger partial charge in [-0.15, -0.1) is 0 Å². The predicted molar refractivity (Wildman–Crippen MR) is 84.0 cm³/mol. The number of rotatable bonds is 9. The molecular weight excluding hydrogens is 268 g/mol. The zero-order valence-electron chi connectivity index (χ0n) is 13.4. The van der Waals surface area contributed by atoms with Crippen LogP contribution in [0.2, 0.25) is 0 Å². The van der Waals surface area contributed by atoms with E-state index in [2.05, 4.69) is 10.6 Å². The monoisotopic (exact) mass is 294 g/mol. The fourth-order valence-electron chi connectivity index (χ4n) is 1.99. The van der Waals surface area contributed by atoms with Crippen molar-refractivity contribution in [1.82, 2.24) is 10.6 Å². The van der Waals surface area contributed by atoms with E-state index in [9.17, 15) is 4.79 Å². The van der Waals surface area contributed by atoms with E-state index in [0.717, 1.165) is 18.5 Å². The number of ether oxygens (including phenoxy) is 2. The second kappa shape index (κ2) is 9.23. The second-order valence-corrected chi connectivity index (χ2v) is 4.94. The van der Waals surface area contributed by atoms with Gasteiger partial charge in [-0.1, -0.05) is 19.9 Å². The van der Waals surface area contributed by atoms with Crippen LogP contribution in [0, 0.1) is 5.92 Å². The van der Waals surface area contributed by atoms with Crippen molar-refractivity contribution in [2.45, 2.75) is 20.3 Å². The molecule has 21 heavy (non-hydrogen) atoms. The lowest BCUT2D eigenvalue weighted by molar-refractivity contribution is -0.124. The van der Waals surface area contributed by atoms with Gasteiger partial charge in [-0.05, 0) is 30.7 Å². The van der Waals surface area contributed by atoms with E-state index in [1.165, 1.54) is 0 Å². The molecule has 1 unspecified atom stereocenters. The summed E-state index contributed by atoms with van der Waals surface area (Å²) >= 11 is 0.